The van der Waals surface area contributed by atoms with E-state index in [0.29, 0.717) is 11.3 Å². The van der Waals surface area contributed by atoms with Gasteiger partial charge in [-0.3, -0.25) is 4.72 Å². The molecular weight excluding hydrogens is 286 g/mol. The van der Waals surface area contributed by atoms with Gasteiger partial charge in [0.25, 0.3) is 0 Å². The fourth-order valence-electron chi connectivity index (χ4n) is 1.98. The molecule has 0 unspecified atom stereocenters. The lowest BCUT2D eigenvalue weighted by atomic mass is 10.1. The van der Waals surface area contributed by atoms with Crippen LogP contribution in [0.3, 0.4) is 0 Å². The highest BCUT2D eigenvalue weighted by atomic mass is 32.2. The topological polar surface area (TPSA) is 66.4 Å². The van der Waals surface area contributed by atoms with Gasteiger partial charge in [0.05, 0.1) is 12.4 Å². The minimum absolute atomic E-state index is 0.0477. The summed E-state index contributed by atoms with van der Waals surface area (Å²) in [7, 11) is -3.45. The Labute approximate surface area is 125 Å². The molecule has 0 saturated carbocycles. The summed E-state index contributed by atoms with van der Waals surface area (Å²) in [5, 5.41) is 8.97. The van der Waals surface area contributed by atoms with Crippen molar-refractivity contribution in [1.29, 1.82) is 0 Å². The van der Waals surface area contributed by atoms with Crippen molar-refractivity contribution in [3.63, 3.8) is 0 Å². The molecule has 0 fully saturated rings. The Kier molecular flexibility index (Phi) is 4.65. The average molecular weight is 305 g/mol. The molecule has 0 atom stereocenters. The summed E-state index contributed by atoms with van der Waals surface area (Å²) in [4.78, 5) is 0. The van der Waals surface area contributed by atoms with E-state index in [1.807, 2.05) is 26.0 Å². The third-order valence-electron chi connectivity index (χ3n) is 3.34. The van der Waals surface area contributed by atoms with Gasteiger partial charge in [0, 0.05) is 5.69 Å². The van der Waals surface area contributed by atoms with E-state index in [9.17, 15) is 8.42 Å². The highest BCUT2D eigenvalue weighted by Crippen LogP contribution is 2.17. The van der Waals surface area contributed by atoms with Crippen molar-refractivity contribution in [2.45, 2.75) is 26.2 Å². The van der Waals surface area contributed by atoms with Crippen LogP contribution in [-0.4, -0.2) is 13.5 Å². The van der Waals surface area contributed by atoms with Gasteiger partial charge in [0.15, 0.2) is 0 Å². The molecule has 0 saturated heterocycles. The minimum atomic E-state index is -3.45. The van der Waals surface area contributed by atoms with Crippen molar-refractivity contribution in [2.75, 3.05) is 4.72 Å². The van der Waals surface area contributed by atoms with Crippen molar-refractivity contribution in [3.05, 3.63) is 64.7 Å². The molecule has 0 spiro atoms. The van der Waals surface area contributed by atoms with Crippen LogP contribution < -0.4 is 4.72 Å². The van der Waals surface area contributed by atoms with Crippen LogP contribution >= 0.6 is 0 Å². The zero-order valence-electron chi connectivity index (χ0n) is 12.1. The molecule has 2 rings (SSSR count). The van der Waals surface area contributed by atoms with E-state index in [4.69, 9.17) is 5.11 Å². The number of aryl methyl sites for hydroxylation is 2. The molecular formula is C16H19NO3S. The third-order valence-corrected chi connectivity index (χ3v) is 4.60. The van der Waals surface area contributed by atoms with Gasteiger partial charge < -0.3 is 5.11 Å². The Balaban J connectivity index is 2.12. The van der Waals surface area contributed by atoms with Crippen LogP contribution in [0.4, 0.5) is 5.69 Å². The molecule has 4 nitrogen and oxygen atoms in total. The molecule has 2 aromatic carbocycles. The first-order valence-electron chi connectivity index (χ1n) is 6.66. The van der Waals surface area contributed by atoms with E-state index >= 15 is 0 Å². The summed E-state index contributed by atoms with van der Waals surface area (Å²) < 4.78 is 26.9. The average Bonchev–Trinajstić information content (AvgIpc) is 2.43. The highest BCUT2D eigenvalue weighted by molar-refractivity contribution is 7.91. The van der Waals surface area contributed by atoms with Crippen LogP contribution in [0.15, 0.2) is 42.5 Å². The van der Waals surface area contributed by atoms with Gasteiger partial charge in [0.1, 0.15) is 0 Å². The van der Waals surface area contributed by atoms with Gasteiger partial charge in [0.2, 0.25) is 10.0 Å². The molecule has 0 heterocycles. The van der Waals surface area contributed by atoms with Crippen LogP contribution in [0.5, 0.6) is 0 Å². The predicted molar refractivity (Wildman–Crippen MR) is 84.5 cm³/mol. The first-order valence-corrected chi connectivity index (χ1v) is 8.31. The van der Waals surface area contributed by atoms with Crippen LogP contribution in [0.25, 0.3) is 0 Å². The first kappa shape index (κ1) is 15.5. The molecule has 0 aromatic heterocycles. The standard InChI is InChI=1S/C16H19NO3S/c1-12-3-8-16(9-13(12)2)17-21(19,20)11-15-6-4-14(10-18)5-7-15/h3-9,17-18H,10-11H2,1-2H3. The number of hydrogen-bond donors (Lipinski definition) is 2. The summed E-state index contributed by atoms with van der Waals surface area (Å²) in [6.45, 7) is 3.88. The maximum absolute atomic E-state index is 12.2. The lowest BCUT2D eigenvalue weighted by Gasteiger charge is -2.10. The Hall–Kier alpha value is -1.85. The van der Waals surface area contributed by atoms with Gasteiger partial charge >= 0.3 is 0 Å². The van der Waals surface area contributed by atoms with Gasteiger partial charge in [-0.1, -0.05) is 30.3 Å². The van der Waals surface area contributed by atoms with E-state index in [-0.39, 0.29) is 12.4 Å². The monoisotopic (exact) mass is 305 g/mol. The SMILES string of the molecule is Cc1ccc(NS(=O)(=O)Cc2ccc(CO)cc2)cc1C. The Bertz CT molecular complexity index is 722. The second-order valence-electron chi connectivity index (χ2n) is 5.13. The van der Waals surface area contributed by atoms with Crippen molar-refractivity contribution in [1.82, 2.24) is 0 Å². The van der Waals surface area contributed by atoms with Crippen molar-refractivity contribution >= 4 is 15.7 Å². The van der Waals surface area contributed by atoms with E-state index in [0.717, 1.165) is 16.7 Å². The quantitative estimate of drug-likeness (QED) is 0.892. The molecule has 0 aliphatic rings. The molecule has 0 amide bonds. The van der Waals surface area contributed by atoms with E-state index in [1.54, 1.807) is 30.3 Å². The smallest absolute Gasteiger partial charge is 0.236 e. The predicted octanol–water partition coefficient (Wildman–Crippen LogP) is 2.74. The molecule has 0 radical (unpaired) electrons. The van der Waals surface area contributed by atoms with Gasteiger partial charge in [-0.05, 0) is 48.2 Å². The maximum atomic E-state index is 12.2. The Morgan fingerprint density at radius 1 is 0.952 bits per heavy atom. The zero-order valence-corrected chi connectivity index (χ0v) is 12.9. The van der Waals surface area contributed by atoms with Crippen molar-refractivity contribution < 1.29 is 13.5 Å². The minimum Gasteiger partial charge on any atom is -0.392 e. The Morgan fingerprint density at radius 3 is 2.14 bits per heavy atom. The normalized spacial score (nSPS) is 11.4. The highest BCUT2D eigenvalue weighted by Gasteiger charge is 2.12. The fraction of sp³-hybridized carbons (Fsp3) is 0.250. The van der Waals surface area contributed by atoms with Crippen molar-refractivity contribution in [3.8, 4) is 0 Å². The largest absolute Gasteiger partial charge is 0.392 e. The number of hydrogen-bond acceptors (Lipinski definition) is 3. The molecule has 21 heavy (non-hydrogen) atoms. The first-order chi connectivity index (χ1) is 9.89. The van der Waals surface area contributed by atoms with Crippen LogP contribution in [0.2, 0.25) is 0 Å². The fourth-order valence-corrected chi connectivity index (χ4v) is 3.17. The van der Waals surface area contributed by atoms with Crippen LogP contribution in [-0.2, 0) is 22.4 Å². The summed E-state index contributed by atoms with van der Waals surface area (Å²) in [6, 6.07) is 12.3. The van der Waals surface area contributed by atoms with Crippen LogP contribution in [0, 0.1) is 13.8 Å². The van der Waals surface area contributed by atoms with Gasteiger partial charge in [-0.2, -0.15) is 0 Å². The number of aliphatic hydroxyl groups excluding tert-OH is 1. The molecule has 2 aromatic rings. The van der Waals surface area contributed by atoms with Gasteiger partial charge in [-0.15, -0.1) is 0 Å². The second kappa shape index (κ2) is 6.28. The van der Waals surface area contributed by atoms with E-state index in [1.165, 1.54) is 0 Å². The molecule has 0 bridgehead atoms. The Morgan fingerprint density at radius 2 is 1.57 bits per heavy atom. The number of sulfonamides is 1. The number of aliphatic hydroxyl groups is 1. The number of benzene rings is 2. The summed E-state index contributed by atoms with van der Waals surface area (Å²) in [5.41, 5.74) is 4.19. The zero-order chi connectivity index (χ0) is 15.5. The summed E-state index contributed by atoms with van der Waals surface area (Å²) >= 11 is 0. The molecule has 0 aliphatic heterocycles. The lowest BCUT2D eigenvalue weighted by molar-refractivity contribution is 0.282. The molecule has 0 aliphatic carbocycles. The van der Waals surface area contributed by atoms with Gasteiger partial charge in [-0.25, -0.2) is 8.42 Å². The number of anilines is 1. The number of nitrogens with one attached hydrogen (secondary N) is 1. The molecule has 2 N–H and O–H groups in total. The van der Waals surface area contributed by atoms with E-state index in [2.05, 4.69) is 4.72 Å². The molecule has 112 valence electrons. The maximum Gasteiger partial charge on any atom is 0.236 e. The second-order valence-corrected chi connectivity index (χ2v) is 6.86. The lowest BCUT2D eigenvalue weighted by Crippen LogP contribution is -2.15. The molecule has 5 heteroatoms. The number of rotatable bonds is 5. The summed E-state index contributed by atoms with van der Waals surface area (Å²) in [5.74, 6) is -0.0916. The van der Waals surface area contributed by atoms with Crippen molar-refractivity contribution in [2.24, 2.45) is 0 Å². The van der Waals surface area contributed by atoms with E-state index < -0.39 is 10.0 Å². The third kappa shape index (κ3) is 4.31. The summed E-state index contributed by atoms with van der Waals surface area (Å²) in [6.07, 6.45) is 0. The van der Waals surface area contributed by atoms with Crippen LogP contribution in [0.1, 0.15) is 22.3 Å².